The number of aromatic nitrogens is 1. The van der Waals surface area contributed by atoms with Gasteiger partial charge in [-0.1, -0.05) is 11.6 Å². The quantitative estimate of drug-likeness (QED) is 0.921. The van der Waals surface area contributed by atoms with Gasteiger partial charge in [0.1, 0.15) is 0 Å². The first-order chi connectivity index (χ1) is 9.22. The lowest BCUT2D eigenvalue weighted by atomic mass is 9.96. The van der Waals surface area contributed by atoms with E-state index in [9.17, 15) is 4.39 Å². The molecule has 1 N–H and O–H groups in total. The number of nitrogens with one attached hydrogen (secondary N) is 1. The van der Waals surface area contributed by atoms with Crippen LogP contribution in [-0.4, -0.2) is 30.7 Å². The summed E-state index contributed by atoms with van der Waals surface area (Å²) in [6.45, 7) is 2.86. The highest BCUT2D eigenvalue weighted by molar-refractivity contribution is 6.30. The molecule has 1 aromatic rings. The summed E-state index contributed by atoms with van der Waals surface area (Å²) < 4.78 is 13.8. The number of rotatable bonds is 4. The lowest BCUT2D eigenvalue weighted by molar-refractivity contribution is 0.378. The van der Waals surface area contributed by atoms with Gasteiger partial charge in [-0.15, -0.1) is 0 Å². The second-order valence-electron chi connectivity index (χ2n) is 5.57. The second-order valence-corrected chi connectivity index (χ2v) is 6.01. The molecule has 0 bridgehead atoms. The van der Waals surface area contributed by atoms with Crippen LogP contribution in [0.1, 0.15) is 25.7 Å². The third kappa shape index (κ3) is 3.37. The summed E-state index contributed by atoms with van der Waals surface area (Å²) in [5, 5.41) is 3.93. The Hall–Kier alpha value is -0.870. The molecular weight excluding hydrogens is 265 g/mol. The Morgan fingerprint density at radius 1 is 1.32 bits per heavy atom. The smallest absolute Gasteiger partial charge is 0.167 e. The molecule has 2 heterocycles. The van der Waals surface area contributed by atoms with Crippen molar-refractivity contribution in [2.24, 2.45) is 5.92 Å². The molecule has 2 fully saturated rings. The minimum absolute atomic E-state index is 0.318. The van der Waals surface area contributed by atoms with Crippen molar-refractivity contribution in [3.8, 4) is 0 Å². The topological polar surface area (TPSA) is 28.2 Å². The molecule has 19 heavy (non-hydrogen) atoms. The van der Waals surface area contributed by atoms with Gasteiger partial charge in [0.25, 0.3) is 0 Å². The van der Waals surface area contributed by atoms with Crippen molar-refractivity contribution in [2.45, 2.75) is 31.7 Å². The summed E-state index contributed by atoms with van der Waals surface area (Å²) >= 11 is 5.73. The molecule has 0 aromatic carbocycles. The van der Waals surface area contributed by atoms with Crippen molar-refractivity contribution in [1.82, 2.24) is 10.3 Å². The van der Waals surface area contributed by atoms with Crippen molar-refractivity contribution in [1.29, 1.82) is 0 Å². The van der Waals surface area contributed by atoms with Gasteiger partial charge in [0.05, 0.1) is 5.02 Å². The minimum Gasteiger partial charge on any atom is -0.354 e. The second kappa shape index (κ2) is 5.63. The Morgan fingerprint density at radius 2 is 2.05 bits per heavy atom. The normalized spacial score (nSPS) is 20.8. The largest absolute Gasteiger partial charge is 0.354 e. The Balaban J connectivity index is 1.53. The maximum atomic E-state index is 13.8. The van der Waals surface area contributed by atoms with Gasteiger partial charge in [-0.05, 0) is 44.2 Å². The van der Waals surface area contributed by atoms with Gasteiger partial charge in [-0.25, -0.2) is 9.37 Å². The molecule has 1 aromatic heterocycles. The van der Waals surface area contributed by atoms with E-state index in [0.29, 0.717) is 16.8 Å². The van der Waals surface area contributed by atoms with E-state index in [1.807, 2.05) is 4.90 Å². The molecule has 0 unspecified atom stereocenters. The van der Waals surface area contributed by atoms with Gasteiger partial charge in [0.15, 0.2) is 11.6 Å². The molecule has 1 saturated carbocycles. The molecule has 1 saturated heterocycles. The molecule has 104 valence electrons. The van der Waals surface area contributed by atoms with Gasteiger partial charge >= 0.3 is 0 Å². The Labute approximate surface area is 118 Å². The van der Waals surface area contributed by atoms with E-state index in [0.717, 1.165) is 38.5 Å². The standard InChI is InChI=1S/C14H19ClFN3/c15-11-7-13(16)14(18-9-11)19-5-3-10(4-6-19)8-17-12-1-2-12/h7,9-10,12,17H,1-6,8H2. The van der Waals surface area contributed by atoms with Crippen molar-refractivity contribution < 1.29 is 4.39 Å². The predicted octanol–water partition coefficient (Wildman–Crippen LogP) is 2.84. The van der Waals surface area contributed by atoms with Crippen LogP contribution in [0.5, 0.6) is 0 Å². The number of hydrogen-bond donors (Lipinski definition) is 1. The first-order valence-corrected chi connectivity index (χ1v) is 7.39. The Kier molecular flexibility index (Phi) is 3.89. The fraction of sp³-hybridized carbons (Fsp3) is 0.643. The fourth-order valence-corrected chi connectivity index (χ4v) is 2.75. The third-order valence-electron chi connectivity index (χ3n) is 3.98. The molecule has 0 radical (unpaired) electrons. The molecule has 2 aliphatic rings. The average molecular weight is 284 g/mol. The van der Waals surface area contributed by atoms with Gasteiger partial charge < -0.3 is 10.2 Å². The van der Waals surface area contributed by atoms with E-state index in [1.54, 1.807) is 0 Å². The maximum absolute atomic E-state index is 13.8. The Bertz CT molecular complexity index is 442. The number of hydrogen-bond acceptors (Lipinski definition) is 3. The van der Waals surface area contributed by atoms with Gasteiger partial charge in [-0.2, -0.15) is 0 Å². The third-order valence-corrected chi connectivity index (χ3v) is 4.18. The molecule has 0 atom stereocenters. The average Bonchev–Trinajstić information content (AvgIpc) is 3.21. The summed E-state index contributed by atoms with van der Waals surface area (Å²) in [4.78, 5) is 6.14. The van der Waals surface area contributed by atoms with Crippen LogP contribution in [0.3, 0.4) is 0 Å². The summed E-state index contributed by atoms with van der Waals surface area (Å²) in [7, 11) is 0. The number of halogens is 2. The van der Waals surface area contributed by atoms with Crippen molar-refractivity contribution in [3.63, 3.8) is 0 Å². The fourth-order valence-electron chi connectivity index (χ4n) is 2.61. The van der Waals surface area contributed by atoms with Crippen LogP contribution in [0, 0.1) is 11.7 Å². The van der Waals surface area contributed by atoms with E-state index in [4.69, 9.17) is 11.6 Å². The zero-order chi connectivity index (χ0) is 13.2. The number of nitrogens with zero attached hydrogens (tertiary/aromatic N) is 2. The lowest BCUT2D eigenvalue weighted by Crippen LogP contribution is -2.38. The highest BCUT2D eigenvalue weighted by Crippen LogP contribution is 2.26. The zero-order valence-corrected chi connectivity index (χ0v) is 11.7. The number of anilines is 1. The van der Waals surface area contributed by atoms with Crippen LogP contribution in [0.4, 0.5) is 10.2 Å². The highest BCUT2D eigenvalue weighted by Gasteiger charge is 2.25. The molecule has 0 spiro atoms. The number of piperidine rings is 1. The Morgan fingerprint density at radius 3 is 2.68 bits per heavy atom. The van der Waals surface area contributed by atoms with Gasteiger partial charge in [0.2, 0.25) is 0 Å². The zero-order valence-electron chi connectivity index (χ0n) is 10.9. The van der Waals surface area contributed by atoms with E-state index in [1.165, 1.54) is 25.1 Å². The van der Waals surface area contributed by atoms with Crippen molar-refractivity contribution in [2.75, 3.05) is 24.5 Å². The van der Waals surface area contributed by atoms with Gasteiger partial charge in [0, 0.05) is 25.3 Å². The molecule has 0 amide bonds. The van der Waals surface area contributed by atoms with Crippen LogP contribution in [0.25, 0.3) is 0 Å². The monoisotopic (exact) mass is 283 g/mol. The molecule has 3 nitrogen and oxygen atoms in total. The first-order valence-electron chi connectivity index (χ1n) is 7.02. The van der Waals surface area contributed by atoms with E-state index in [2.05, 4.69) is 10.3 Å². The molecule has 1 aliphatic heterocycles. The summed E-state index contributed by atoms with van der Waals surface area (Å²) in [6, 6.07) is 2.11. The summed E-state index contributed by atoms with van der Waals surface area (Å²) in [5.41, 5.74) is 0. The van der Waals surface area contributed by atoms with Gasteiger partial charge in [-0.3, -0.25) is 0 Å². The predicted molar refractivity (Wildman–Crippen MR) is 75.2 cm³/mol. The molecular formula is C14H19ClFN3. The minimum atomic E-state index is -0.318. The lowest BCUT2D eigenvalue weighted by Gasteiger charge is -2.33. The molecule has 5 heteroatoms. The first kappa shape index (κ1) is 13.1. The van der Waals surface area contributed by atoms with Crippen LogP contribution in [0.15, 0.2) is 12.3 Å². The molecule has 1 aliphatic carbocycles. The van der Waals surface area contributed by atoms with Crippen LogP contribution in [0.2, 0.25) is 5.02 Å². The summed E-state index contributed by atoms with van der Waals surface area (Å²) in [6.07, 6.45) is 6.38. The maximum Gasteiger partial charge on any atom is 0.167 e. The molecule has 3 rings (SSSR count). The van der Waals surface area contributed by atoms with E-state index in [-0.39, 0.29) is 5.82 Å². The van der Waals surface area contributed by atoms with Crippen LogP contribution in [-0.2, 0) is 0 Å². The van der Waals surface area contributed by atoms with Crippen molar-refractivity contribution in [3.05, 3.63) is 23.1 Å². The van der Waals surface area contributed by atoms with E-state index < -0.39 is 0 Å². The van der Waals surface area contributed by atoms with Crippen LogP contribution < -0.4 is 10.2 Å². The SMILES string of the molecule is Fc1cc(Cl)cnc1N1CCC(CNC2CC2)CC1. The van der Waals surface area contributed by atoms with Crippen molar-refractivity contribution >= 4 is 17.4 Å². The highest BCUT2D eigenvalue weighted by atomic mass is 35.5. The van der Waals surface area contributed by atoms with E-state index >= 15 is 0 Å². The summed E-state index contributed by atoms with van der Waals surface area (Å²) in [5.74, 6) is 0.840. The van der Waals surface area contributed by atoms with Crippen LogP contribution >= 0.6 is 11.6 Å². The number of pyridine rings is 1.